The maximum absolute atomic E-state index is 6.02. The summed E-state index contributed by atoms with van der Waals surface area (Å²) in [4.78, 5) is 4.64. The Morgan fingerprint density at radius 3 is 2.80 bits per heavy atom. The molecular formula is C17H18BrNO. The zero-order chi connectivity index (χ0) is 14.1. The van der Waals surface area contributed by atoms with Crippen LogP contribution in [0.3, 0.4) is 0 Å². The van der Waals surface area contributed by atoms with Crippen LogP contribution >= 0.6 is 15.9 Å². The van der Waals surface area contributed by atoms with Gasteiger partial charge in [0.05, 0.1) is 0 Å². The third kappa shape index (κ3) is 2.73. The molecule has 0 spiro atoms. The van der Waals surface area contributed by atoms with E-state index in [2.05, 4.69) is 46.9 Å². The first-order valence-corrected chi connectivity index (χ1v) is 7.89. The zero-order valence-electron chi connectivity index (χ0n) is 11.8. The van der Waals surface area contributed by atoms with Gasteiger partial charge in [0.25, 0.3) is 0 Å². The average molecular weight is 332 g/mol. The standard InChI is InChI=1S/C17H18BrNO/c1-11(2)14-10-13(18)7-8-16(14)20-17-9-6-12-4-3-5-15(12)19-17/h6-11H,3-5H2,1-2H3. The van der Waals surface area contributed by atoms with Crippen LogP contribution in [0.15, 0.2) is 34.8 Å². The lowest BCUT2D eigenvalue weighted by molar-refractivity contribution is 0.452. The van der Waals surface area contributed by atoms with E-state index in [1.807, 2.05) is 18.2 Å². The number of rotatable bonds is 3. The summed E-state index contributed by atoms with van der Waals surface area (Å²) >= 11 is 3.52. The molecule has 0 radical (unpaired) electrons. The number of hydrogen-bond acceptors (Lipinski definition) is 2. The molecule has 0 N–H and O–H groups in total. The predicted octanol–water partition coefficient (Wildman–Crippen LogP) is 5.25. The molecule has 1 aliphatic rings. The lowest BCUT2D eigenvalue weighted by Gasteiger charge is -2.14. The van der Waals surface area contributed by atoms with E-state index >= 15 is 0 Å². The molecule has 0 atom stereocenters. The summed E-state index contributed by atoms with van der Waals surface area (Å²) in [6.45, 7) is 4.34. The van der Waals surface area contributed by atoms with Gasteiger partial charge in [-0.2, -0.15) is 0 Å². The summed E-state index contributed by atoms with van der Waals surface area (Å²) in [5, 5.41) is 0. The molecule has 0 amide bonds. The molecule has 1 aromatic heterocycles. The van der Waals surface area contributed by atoms with Crippen LogP contribution < -0.4 is 4.74 Å². The quantitative estimate of drug-likeness (QED) is 0.766. The van der Waals surface area contributed by atoms with Crippen molar-refractivity contribution in [3.8, 4) is 11.6 Å². The van der Waals surface area contributed by atoms with E-state index in [1.165, 1.54) is 23.2 Å². The number of pyridine rings is 1. The van der Waals surface area contributed by atoms with Crippen LogP contribution in [0, 0.1) is 0 Å². The second kappa shape index (κ2) is 5.57. The lowest BCUT2D eigenvalue weighted by Crippen LogP contribution is -1.97. The highest BCUT2D eigenvalue weighted by atomic mass is 79.9. The fourth-order valence-electron chi connectivity index (χ4n) is 2.63. The van der Waals surface area contributed by atoms with Gasteiger partial charge in [0.1, 0.15) is 5.75 Å². The highest BCUT2D eigenvalue weighted by molar-refractivity contribution is 9.10. The highest BCUT2D eigenvalue weighted by Gasteiger charge is 2.15. The van der Waals surface area contributed by atoms with Gasteiger partial charge in [-0.25, -0.2) is 4.98 Å². The van der Waals surface area contributed by atoms with Crippen molar-refractivity contribution in [2.24, 2.45) is 0 Å². The van der Waals surface area contributed by atoms with E-state index in [0.29, 0.717) is 11.8 Å². The summed E-state index contributed by atoms with van der Waals surface area (Å²) in [6.07, 6.45) is 3.43. The molecule has 20 heavy (non-hydrogen) atoms. The van der Waals surface area contributed by atoms with Crippen molar-refractivity contribution >= 4 is 15.9 Å². The minimum absolute atomic E-state index is 0.414. The fraction of sp³-hybridized carbons (Fsp3) is 0.353. The van der Waals surface area contributed by atoms with E-state index in [4.69, 9.17) is 4.74 Å². The van der Waals surface area contributed by atoms with Crippen LogP contribution in [0.5, 0.6) is 11.6 Å². The summed E-state index contributed by atoms with van der Waals surface area (Å²) in [5.74, 6) is 2.01. The Labute approximate surface area is 128 Å². The number of hydrogen-bond donors (Lipinski definition) is 0. The van der Waals surface area contributed by atoms with Gasteiger partial charge in [-0.05, 0) is 54.5 Å². The third-order valence-corrected chi connectivity index (χ3v) is 4.20. The predicted molar refractivity (Wildman–Crippen MR) is 84.6 cm³/mol. The Balaban J connectivity index is 1.91. The molecule has 0 saturated heterocycles. The van der Waals surface area contributed by atoms with Crippen molar-refractivity contribution in [1.29, 1.82) is 0 Å². The number of ether oxygens (including phenoxy) is 1. The van der Waals surface area contributed by atoms with Crippen LogP contribution in [0.4, 0.5) is 0 Å². The lowest BCUT2D eigenvalue weighted by atomic mass is 10.0. The number of aryl methyl sites for hydroxylation is 2. The van der Waals surface area contributed by atoms with Gasteiger partial charge in [0.2, 0.25) is 5.88 Å². The zero-order valence-corrected chi connectivity index (χ0v) is 13.4. The number of nitrogens with zero attached hydrogens (tertiary/aromatic N) is 1. The van der Waals surface area contributed by atoms with Gasteiger partial charge in [-0.15, -0.1) is 0 Å². The van der Waals surface area contributed by atoms with Crippen molar-refractivity contribution in [1.82, 2.24) is 4.98 Å². The maximum Gasteiger partial charge on any atom is 0.219 e. The fourth-order valence-corrected chi connectivity index (χ4v) is 3.01. The summed E-state index contributed by atoms with van der Waals surface area (Å²) in [5.41, 5.74) is 3.77. The molecule has 104 valence electrons. The van der Waals surface area contributed by atoms with Crippen molar-refractivity contribution in [2.75, 3.05) is 0 Å². The SMILES string of the molecule is CC(C)c1cc(Br)ccc1Oc1ccc2c(n1)CCC2. The first-order valence-electron chi connectivity index (χ1n) is 7.09. The molecule has 1 aliphatic carbocycles. The first kappa shape index (κ1) is 13.6. The van der Waals surface area contributed by atoms with E-state index in [1.54, 1.807) is 0 Å². The largest absolute Gasteiger partial charge is 0.439 e. The molecular weight excluding hydrogens is 314 g/mol. The Hall–Kier alpha value is -1.35. The van der Waals surface area contributed by atoms with E-state index in [9.17, 15) is 0 Å². The monoisotopic (exact) mass is 331 g/mol. The van der Waals surface area contributed by atoms with Crippen LogP contribution in [-0.2, 0) is 12.8 Å². The molecule has 0 saturated carbocycles. The topological polar surface area (TPSA) is 22.1 Å². The second-order valence-electron chi connectivity index (χ2n) is 5.55. The molecule has 1 aromatic carbocycles. The average Bonchev–Trinajstić information content (AvgIpc) is 2.88. The van der Waals surface area contributed by atoms with Crippen molar-refractivity contribution in [3.63, 3.8) is 0 Å². The number of halogens is 1. The number of fused-ring (bicyclic) bond motifs is 1. The molecule has 0 unspecified atom stereocenters. The summed E-state index contributed by atoms with van der Waals surface area (Å²) in [6, 6.07) is 10.3. The van der Waals surface area contributed by atoms with Crippen molar-refractivity contribution in [2.45, 2.75) is 39.0 Å². The van der Waals surface area contributed by atoms with Gasteiger partial charge < -0.3 is 4.74 Å². The Kier molecular flexibility index (Phi) is 3.79. The molecule has 1 heterocycles. The highest BCUT2D eigenvalue weighted by Crippen LogP contribution is 2.33. The Morgan fingerprint density at radius 2 is 2.00 bits per heavy atom. The van der Waals surface area contributed by atoms with Gasteiger partial charge in [-0.3, -0.25) is 0 Å². The molecule has 3 heteroatoms. The van der Waals surface area contributed by atoms with Gasteiger partial charge in [0.15, 0.2) is 0 Å². The summed E-state index contributed by atoms with van der Waals surface area (Å²) in [7, 11) is 0. The molecule has 2 aromatic rings. The van der Waals surface area contributed by atoms with Crippen molar-refractivity contribution in [3.05, 3.63) is 51.6 Å². The molecule has 0 fully saturated rings. The third-order valence-electron chi connectivity index (χ3n) is 3.71. The van der Waals surface area contributed by atoms with Crippen LogP contribution in [0.1, 0.15) is 43.0 Å². The normalized spacial score (nSPS) is 13.6. The van der Waals surface area contributed by atoms with Crippen LogP contribution in [0.25, 0.3) is 0 Å². The first-order chi connectivity index (χ1) is 9.63. The number of aromatic nitrogens is 1. The van der Waals surface area contributed by atoms with Crippen LogP contribution in [0.2, 0.25) is 0 Å². The van der Waals surface area contributed by atoms with Gasteiger partial charge >= 0.3 is 0 Å². The van der Waals surface area contributed by atoms with Crippen LogP contribution in [-0.4, -0.2) is 4.98 Å². The molecule has 2 nitrogen and oxygen atoms in total. The minimum Gasteiger partial charge on any atom is -0.439 e. The van der Waals surface area contributed by atoms with Crippen molar-refractivity contribution < 1.29 is 4.74 Å². The Morgan fingerprint density at radius 1 is 1.15 bits per heavy atom. The van der Waals surface area contributed by atoms with E-state index in [0.717, 1.165) is 23.1 Å². The smallest absolute Gasteiger partial charge is 0.219 e. The summed E-state index contributed by atoms with van der Waals surface area (Å²) < 4.78 is 7.10. The maximum atomic E-state index is 6.02. The minimum atomic E-state index is 0.414. The van der Waals surface area contributed by atoms with Gasteiger partial charge in [-0.1, -0.05) is 35.8 Å². The molecule has 0 bridgehead atoms. The number of benzene rings is 1. The van der Waals surface area contributed by atoms with Gasteiger partial charge in [0, 0.05) is 16.2 Å². The molecule has 3 rings (SSSR count). The van der Waals surface area contributed by atoms with E-state index < -0.39 is 0 Å². The Bertz CT molecular complexity index is 637. The molecule has 0 aliphatic heterocycles. The van der Waals surface area contributed by atoms with E-state index in [-0.39, 0.29) is 0 Å². The second-order valence-corrected chi connectivity index (χ2v) is 6.46.